The molecule has 1 aliphatic heterocycles. The molecule has 0 saturated heterocycles. The smallest absolute Gasteiger partial charge is 0.254 e. The second-order valence-corrected chi connectivity index (χ2v) is 6.83. The van der Waals surface area contributed by atoms with Crippen LogP contribution in [0.1, 0.15) is 53.1 Å². The van der Waals surface area contributed by atoms with E-state index in [-0.39, 0.29) is 5.91 Å². The van der Waals surface area contributed by atoms with E-state index >= 15 is 0 Å². The molecule has 1 amide bonds. The van der Waals surface area contributed by atoms with Crippen LogP contribution in [0, 0.1) is 0 Å². The van der Waals surface area contributed by atoms with Crippen LogP contribution in [0.4, 0.5) is 0 Å². The van der Waals surface area contributed by atoms with Crippen molar-refractivity contribution in [1.82, 2.24) is 4.90 Å². The average Bonchev–Trinajstić information content (AvgIpc) is 2.65. The second-order valence-electron chi connectivity index (χ2n) is 6.83. The van der Waals surface area contributed by atoms with E-state index in [0.29, 0.717) is 18.5 Å². The molecule has 0 N–H and O–H groups in total. The molecule has 0 aromatic heterocycles. The number of ether oxygens (including phenoxy) is 1. The highest BCUT2D eigenvalue weighted by Gasteiger charge is 2.40. The predicted molar refractivity (Wildman–Crippen MR) is 94.3 cm³/mol. The number of carbonyl (C=O) groups excluding carboxylic acids is 1. The van der Waals surface area contributed by atoms with E-state index in [0.717, 1.165) is 17.7 Å². The molecule has 0 radical (unpaired) electrons. The van der Waals surface area contributed by atoms with E-state index in [4.69, 9.17) is 4.74 Å². The van der Waals surface area contributed by atoms with Gasteiger partial charge < -0.3 is 9.64 Å². The summed E-state index contributed by atoms with van der Waals surface area (Å²) in [6, 6.07) is 16.6. The average molecular weight is 321 g/mol. The number of amides is 1. The number of methoxy groups -OCH3 is 1. The normalized spacial score (nSPS) is 22.7. The number of carbonyl (C=O) groups is 1. The molecule has 2 aliphatic rings. The van der Waals surface area contributed by atoms with E-state index < -0.39 is 0 Å². The summed E-state index contributed by atoms with van der Waals surface area (Å²) in [6.07, 6.45) is 4.74. The first-order valence-corrected chi connectivity index (χ1v) is 8.81. The van der Waals surface area contributed by atoms with E-state index in [1.54, 1.807) is 7.11 Å². The first-order chi connectivity index (χ1) is 11.8. The van der Waals surface area contributed by atoms with Crippen molar-refractivity contribution in [1.29, 1.82) is 0 Å². The SMILES string of the molecule is COc1ccc2c(c1)C(=O)N(Cc1ccccc1)[C@H]1CCCC[C@H]21. The molecule has 2 atom stereocenters. The topological polar surface area (TPSA) is 29.5 Å². The molecule has 1 heterocycles. The number of nitrogens with zero attached hydrogens (tertiary/aromatic N) is 1. The monoisotopic (exact) mass is 321 g/mol. The molecule has 0 unspecified atom stereocenters. The van der Waals surface area contributed by atoms with Crippen LogP contribution in [-0.2, 0) is 6.54 Å². The first-order valence-electron chi connectivity index (χ1n) is 8.81. The van der Waals surface area contributed by atoms with Crippen LogP contribution < -0.4 is 4.74 Å². The molecule has 124 valence electrons. The maximum Gasteiger partial charge on any atom is 0.254 e. The lowest BCUT2D eigenvalue weighted by Gasteiger charge is -2.45. The van der Waals surface area contributed by atoms with Gasteiger partial charge in [0.1, 0.15) is 5.75 Å². The van der Waals surface area contributed by atoms with Crippen molar-refractivity contribution in [3.05, 3.63) is 65.2 Å². The minimum atomic E-state index is 0.149. The van der Waals surface area contributed by atoms with Crippen molar-refractivity contribution in [3.63, 3.8) is 0 Å². The van der Waals surface area contributed by atoms with Gasteiger partial charge in [0.25, 0.3) is 5.91 Å². The number of hydrogen-bond acceptors (Lipinski definition) is 2. The Morgan fingerprint density at radius 1 is 1.08 bits per heavy atom. The molecule has 1 fully saturated rings. The summed E-state index contributed by atoms with van der Waals surface area (Å²) in [5, 5.41) is 0. The minimum Gasteiger partial charge on any atom is -0.497 e. The number of fused-ring (bicyclic) bond motifs is 3. The Morgan fingerprint density at radius 2 is 1.88 bits per heavy atom. The van der Waals surface area contributed by atoms with Crippen molar-refractivity contribution < 1.29 is 9.53 Å². The van der Waals surface area contributed by atoms with Crippen molar-refractivity contribution in [3.8, 4) is 5.75 Å². The largest absolute Gasteiger partial charge is 0.497 e. The minimum absolute atomic E-state index is 0.149. The Hall–Kier alpha value is -2.29. The van der Waals surface area contributed by atoms with Gasteiger partial charge in [0.15, 0.2) is 0 Å². The summed E-state index contributed by atoms with van der Waals surface area (Å²) >= 11 is 0. The summed E-state index contributed by atoms with van der Waals surface area (Å²) < 4.78 is 5.35. The number of rotatable bonds is 3. The highest BCUT2D eigenvalue weighted by Crippen LogP contribution is 2.43. The molecule has 4 rings (SSSR count). The van der Waals surface area contributed by atoms with Gasteiger partial charge in [0.2, 0.25) is 0 Å². The maximum absolute atomic E-state index is 13.2. The molecule has 1 aliphatic carbocycles. The van der Waals surface area contributed by atoms with Gasteiger partial charge >= 0.3 is 0 Å². The van der Waals surface area contributed by atoms with Crippen LogP contribution in [0.15, 0.2) is 48.5 Å². The number of hydrogen-bond donors (Lipinski definition) is 0. The summed E-state index contributed by atoms with van der Waals surface area (Å²) in [7, 11) is 1.65. The predicted octanol–water partition coefficient (Wildman–Crippen LogP) is 4.38. The van der Waals surface area contributed by atoms with Gasteiger partial charge in [0.05, 0.1) is 7.11 Å². The Morgan fingerprint density at radius 3 is 2.67 bits per heavy atom. The zero-order valence-corrected chi connectivity index (χ0v) is 14.1. The van der Waals surface area contributed by atoms with Gasteiger partial charge in [-0.2, -0.15) is 0 Å². The van der Waals surface area contributed by atoms with Crippen LogP contribution in [-0.4, -0.2) is 24.0 Å². The molecular weight excluding hydrogens is 298 g/mol. The molecule has 0 spiro atoms. The Labute approximate surface area is 143 Å². The van der Waals surface area contributed by atoms with Crippen LogP contribution in [0.2, 0.25) is 0 Å². The Bertz CT molecular complexity index is 741. The third-order valence-corrected chi connectivity index (χ3v) is 5.48. The lowest BCUT2D eigenvalue weighted by atomic mass is 9.74. The molecule has 2 aromatic rings. The summed E-state index contributed by atoms with van der Waals surface area (Å²) in [4.78, 5) is 15.3. The zero-order chi connectivity index (χ0) is 16.5. The Balaban J connectivity index is 1.74. The van der Waals surface area contributed by atoms with Crippen LogP contribution >= 0.6 is 0 Å². The van der Waals surface area contributed by atoms with Crippen LogP contribution in [0.3, 0.4) is 0 Å². The lowest BCUT2D eigenvalue weighted by molar-refractivity contribution is 0.0533. The van der Waals surface area contributed by atoms with E-state index in [1.165, 1.54) is 30.4 Å². The molecule has 24 heavy (non-hydrogen) atoms. The standard InChI is InChI=1S/C21H23NO2/c1-24-16-11-12-17-18-9-5-6-10-20(18)22(21(23)19(17)13-16)14-15-7-3-2-4-8-15/h2-4,7-8,11-13,18,20H,5-6,9-10,14H2,1H3/t18-,20+/m1/s1. The zero-order valence-electron chi connectivity index (χ0n) is 14.1. The van der Waals surface area contributed by atoms with Gasteiger partial charge in [-0.3, -0.25) is 4.79 Å². The summed E-state index contributed by atoms with van der Waals surface area (Å²) in [6.45, 7) is 0.692. The molecule has 3 heteroatoms. The highest BCUT2D eigenvalue weighted by atomic mass is 16.5. The van der Waals surface area contributed by atoms with Crippen molar-refractivity contribution in [2.24, 2.45) is 0 Å². The van der Waals surface area contributed by atoms with Crippen molar-refractivity contribution >= 4 is 5.91 Å². The Kier molecular flexibility index (Phi) is 4.01. The van der Waals surface area contributed by atoms with Crippen LogP contribution in [0.25, 0.3) is 0 Å². The van der Waals surface area contributed by atoms with E-state index in [2.05, 4.69) is 23.1 Å². The summed E-state index contributed by atoms with van der Waals surface area (Å²) in [5.41, 5.74) is 3.24. The van der Waals surface area contributed by atoms with E-state index in [9.17, 15) is 4.79 Å². The third-order valence-electron chi connectivity index (χ3n) is 5.48. The van der Waals surface area contributed by atoms with Gasteiger partial charge in [0, 0.05) is 24.1 Å². The quantitative estimate of drug-likeness (QED) is 0.840. The van der Waals surface area contributed by atoms with Crippen molar-refractivity contribution in [2.45, 2.75) is 44.2 Å². The van der Waals surface area contributed by atoms with Gasteiger partial charge in [-0.05, 0) is 36.1 Å². The molecular formula is C21H23NO2. The number of benzene rings is 2. The van der Waals surface area contributed by atoms with Crippen LogP contribution in [0.5, 0.6) is 5.75 Å². The maximum atomic E-state index is 13.2. The lowest BCUT2D eigenvalue weighted by Crippen LogP contribution is -2.48. The summed E-state index contributed by atoms with van der Waals surface area (Å²) in [5.74, 6) is 1.37. The van der Waals surface area contributed by atoms with Gasteiger partial charge in [-0.15, -0.1) is 0 Å². The highest BCUT2D eigenvalue weighted by molar-refractivity contribution is 5.98. The van der Waals surface area contributed by atoms with Gasteiger partial charge in [-0.25, -0.2) is 0 Å². The third kappa shape index (κ3) is 2.58. The molecule has 3 nitrogen and oxygen atoms in total. The fourth-order valence-corrected chi connectivity index (χ4v) is 4.29. The second kappa shape index (κ2) is 6.31. The molecule has 1 saturated carbocycles. The molecule has 0 bridgehead atoms. The molecule has 2 aromatic carbocycles. The first kappa shape index (κ1) is 15.3. The fourth-order valence-electron chi connectivity index (χ4n) is 4.29. The van der Waals surface area contributed by atoms with Crippen molar-refractivity contribution in [2.75, 3.05) is 7.11 Å². The van der Waals surface area contributed by atoms with E-state index in [1.807, 2.05) is 30.3 Å². The van der Waals surface area contributed by atoms with Gasteiger partial charge in [-0.1, -0.05) is 49.2 Å². The fraction of sp³-hybridized carbons (Fsp3) is 0.381.